The predicted molar refractivity (Wildman–Crippen MR) is 96.0 cm³/mol. The minimum atomic E-state index is 0.200. The van der Waals surface area contributed by atoms with Crippen LogP contribution in [0.5, 0.6) is 0 Å². The molecule has 0 saturated heterocycles. The molecule has 0 fully saturated rings. The number of thiocarbonyl (C=S) groups is 1. The smallest absolute Gasteiger partial charge is 0.170 e. The Kier molecular flexibility index (Phi) is 4.96. The van der Waals surface area contributed by atoms with Crippen molar-refractivity contribution < 1.29 is 0 Å². The number of nitrogens with zero attached hydrogens (tertiary/aromatic N) is 1. The molecule has 5 heteroatoms. The summed E-state index contributed by atoms with van der Waals surface area (Å²) in [7, 11) is 0. The number of nitrogens with one attached hydrogen (secondary N) is 2. The van der Waals surface area contributed by atoms with E-state index in [1.807, 2.05) is 19.1 Å². The zero-order valence-corrected chi connectivity index (χ0v) is 14.5. The minimum Gasteiger partial charge on any atom is -0.362 e. The normalized spacial score (nSPS) is 11.2. The van der Waals surface area contributed by atoms with E-state index < -0.39 is 0 Å². The van der Waals surface area contributed by atoms with Gasteiger partial charge in [-0.15, -0.1) is 11.3 Å². The van der Waals surface area contributed by atoms with Crippen LogP contribution in [0.15, 0.2) is 29.6 Å². The maximum atomic E-state index is 5.33. The van der Waals surface area contributed by atoms with E-state index in [2.05, 4.69) is 53.9 Å². The molecule has 0 unspecified atom stereocenters. The van der Waals surface area contributed by atoms with Gasteiger partial charge in [0.2, 0.25) is 0 Å². The van der Waals surface area contributed by atoms with Crippen LogP contribution < -0.4 is 10.6 Å². The summed E-state index contributed by atoms with van der Waals surface area (Å²) < 4.78 is 0. The van der Waals surface area contributed by atoms with Gasteiger partial charge in [-0.25, -0.2) is 4.98 Å². The van der Waals surface area contributed by atoms with Crippen molar-refractivity contribution in [3.8, 4) is 11.3 Å². The second kappa shape index (κ2) is 6.54. The van der Waals surface area contributed by atoms with Crippen LogP contribution in [0.25, 0.3) is 11.3 Å². The van der Waals surface area contributed by atoms with Gasteiger partial charge in [0.25, 0.3) is 0 Å². The average Bonchev–Trinajstić information content (AvgIpc) is 2.83. The summed E-state index contributed by atoms with van der Waals surface area (Å²) in [5, 5.41) is 10.3. The molecule has 1 heterocycles. The number of hydrogen-bond donors (Lipinski definition) is 2. The summed E-state index contributed by atoms with van der Waals surface area (Å²) >= 11 is 6.99. The maximum absolute atomic E-state index is 5.33. The molecule has 21 heavy (non-hydrogen) atoms. The summed E-state index contributed by atoms with van der Waals surface area (Å²) in [5.74, 6) is 0. The second-order valence-corrected chi connectivity index (χ2v) is 7.67. The summed E-state index contributed by atoms with van der Waals surface area (Å²) in [6, 6.07) is 8.15. The molecule has 0 amide bonds. The fourth-order valence-electron chi connectivity index (χ4n) is 1.77. The van der Waals surface area contributed by atoms with Crippen LogP contribution in [0.4, 0.5) is 5.69 Å². The SMILES string of the molecule is Cc1nc(-c2cccc(NC(=S)NCC(C)(C)C)c2)cs1. The van der Waals surface area contributed by atoms with Crippen molar-refractivity contribution >= 4 is 34.4 Å². The Labute approximate surface area is 135 Å². The van der Waals surface area contributed by atoms with E-state index in [0.29, 0.717) is 5.11 Å². The molecule has 1 aromatic carbocycles. The number of aromatic nitrogens is 1. The molecule has 0 atom stereocenters. The Morgan fingerprint density at radius 2 is 2.10 bits per heavy atom. The third kappa shape index (κ3) is 5.10. The molecule has 0 aliphatic rings. The van der Waals surface area contributed by atoms with Gasteiger partial charge in [-0.1, -0.05) is 32.9 Å². The van der Waals surface area contributed by atoms with Gasteiger partial charge in [0.1, 0.15) is 0 Å². The van der Waals surface area contributed by atoms with Crippen molar-refractivity contribution in [1.29, 1.82) is 0 Å². The Morgan fingerprint density at radius 3 is 2.71 bits per heavy atom. The maximum Gasteiger partial charge on any atom is 0.170 e. The van der Waals surface area contributed by atoms with Gasteiger partial charge in [-0.2, -0.15) is 0 Å². The van der Waals surface area contributed by atoms with Gasteiger partial charge in [-0.3, -0.25) is 0 Å². The van der Waals surface area contributed by atoms with E-state index in [-0.39, 0.29) is 5.41 Å². The highest BCUT2D eigenvalue weighted by Crippen LogP contribution is 2.24. The van der Waals surface area contributed by atoms with Gasteiger partial charge in [0.15, 0.2) is 5.11 Å². The number of thiazole rings is 1. The van der Waals surface area contributed by atoms with Gasteiger partial charge in [0.05, 0.1) is 10.7 Å². The first-order valence-corrected chi connectivity index (χ1v) is 8.20. The predicted octanol–water partition coefficient (Wildman–Crippen LogP) is 4.45. The molecule has 0 aliphatic carbocycles. The Hall–Kier alpha value is -1.46. The minimum absolute atomic E-state index is 0.200. The average molecular weight is 319 g/mol. The topological polar surface area (TPSA) is 37.0 Å². The van der Waals surface area contributed by atoms with Gasteiger partial charge in [0, 0.05) is 23.2 Å². The first kappa shape index (κ1) is 15.9. The van der Waals surface area contributed by atoms with Gasteiger partial charge < -0.3 is 10.6 Å². The zero-order chi connectivity index (χ0) is 15.5. The number of anilines is 1. The molecule has 2 rings (SSSR count). The second-order valence-electron chi connectivity index (χ2n) is 6.20. The number of aryl methyl sites for hydroxylation is 1. The van der Waals surface area contributed by atoms with E-state index >= 15 is 0 Å². The summed E-state index contributed by atoms with van der Waals surface area (Å²) in [6.07, 6.45) is 0. The first-order chi connectivity index (χ1) is 9.83. The Bertz CT molecular complexity index is 626. The molecule has 3 nitrogen and oxygen atoms in total. The van der Waals surface area contributed by atoms with Crippen LogP contribution in [0, 0.1) is 12.3 Å². The standard InChI is InChI=1S/C16H21N3S2/c1-11-18-14(9-21-11)12-6-5-7-13(8-12)19-15(20)17-10-16(2,3)4/h5-9H,10H2,1-4H3,(H2,17,19,20). The molecule has 2 N–H and O–H groups in total. The number of benzene rings is 1. The lowest BCUT2D eigenvalue weighted by atomic mass is 9.97. The first-order valence-electron chi connectivity index (χ1n) is 6.91. The van der Waals surface area contributed by atoms with Crippen molar-refractivity contribution in [3.63, 3.8) is 0 Å². The molecular weight excluding hydrogens is 298 g/mol. The molecule has 0 saturated carbocycles. The molecule has 2 aromatic rings. The molecule has 0 aliphatic heterocycles. The quantitative estimate of drug-likeness (QED) is 0.820. The van der Waals surface area contributed by atoms with Crippen molar-refractivity contribution in [2.24, 2.45) is 5.41 Å². The molecule has 112 valence electrons. The van der Waals surface area contributed by atoms with Crippen LogP contribution >= 0.6 is 23.6 Å². The Balaban J connectivity index is 2.03. The lowest BCUT2D eigenvalue weighted by Gasteiger charge is -2.20. The van der Waals surface area contributed by atoms with Crippen LogP contribution in [0.1, 0.15) is 25.8 Å². The van der Waals surface area contributed by atoms with Crippen LogP contribution in [-0.4, -0.2) is 16.6 Å². The summed E-state index contributed by atoms with van der Waals surface area (Å²) in [4.78, 5) is 4.51. The van der Waals surface area contributed by atoms with Gasteiger partial charge >= 0.3 is 0 Å². The molecule has 0 bridgehead atoms. The summed E-state index contributed by atoms with van der Waals surface area (Å²) in [5.41, 5.74) is 3.29. The van der Waals surface area contributed by atoms with E-state index in [1.54, 1.807) is 11.3 Å². The van der Waals surface area contributed by atoms with Crippen molar-refractivity contribution in [3.05, 3.63) is 34.7 Å². The van der Waals surface area contributed by atoms with Crippen molar-refractivity contribution in [1.82, 2.24) is 10.3 Å². The van der Waals surface area contributed by atoms with Crippen molar-refractivity contribution in [2.75, 3.05) is 11.9 Å². The lowest BCUT2D eigenvalue weighted by molar-refractivity contribution is 0.409. The Morgan fingerprint density at radius 1 is 1.33 bits per heavy atom. The molecule has 0 spiro atoms. The number of rotatable bonds is 3. The van der Waals surface area contributed by atoms with Crippen LogP contribution in [0.2, 0.25) is 0 Å². The fraction of sp³-hybridized carbons (Fsp3) is 0.375. The monoisotopic (exact) mass is 319 g/mol. The fourth-order valence-corrected chi connectivity index (χ4v) is 2.59. The zero-order valence-electron chi connectivity index (χ0n) is 12.9. The third-order valence-electron chi connectivity index (χ3n) is 2.81. The molecular formula is C16H21N3S2. The van der Waals surface area contributed by atoms with Gasteiger partial charge in [-0.05, 0) is 36.7 Å². The molecule has 1 aromatic heterocycles. The highest BCUT2D eigenvalue weighted by Gasteiger charge is 2.10. The van der Waals surface area contributed by atoms with Crippen molar-refractivity contribution in [2.45, 2.75) is 27.7 Å². The van der Waals surface area contributed by atoms with E-state index in [0.717, 1.165) is 28.5 Å². The highest BCUT2D eigenvalue weighted by atomic mass is 32.1. The van der Waals surface area contributed by atoms with E-state index in [4.69, 9.17) is 12.2 Å². The summed E-state index contributed by atoms with van der Waals surface area (Å²) in [6.45, 7) is 9.38. The van der Waals surface area contributed by atoms with Crippen LogP contribution in [0.3, 0.4) is 0 Å². The van der Waals surface area contributed by atoms with E-state index in [1.165, 1.54) is 0 Å². The number of hydrogen-bond acceptors (Lipinski definition) is 3. The van der Waals surface area contributed by atoms with Crippen LogP contribution in [-0.2, 0) is 0 Å². The third-order valence-corrected chi connectivity index (χ3v) is 3.83. The molecule has 0 radical (unpaired) electrons. The highest BCUT2D eigenvalue weighted by molar-refractivity contribution is 7.80. The largest absolute Gasteiger partial charge is 0.362 e. The lowest BCUT2D eigenvalue weighted by Crippen LogP contribution is -2.35. The van der Waals surface area contributed by atoms with E-state index in [9.17, 15) is 0 Å².